The molecule has 0 saturated carbocycles. The fourth-order valence-electron chi connectivity index (χ4n) is 2.64. The number of anilines is 1. The molecule has 1 amide bonds. The summed E-state index contributed by atoms with van der Waals surface area (Å²) < 4.78 is 7.41. The normalized spacial score (nSPS) is 11.0. The van der Waals surface area contributed by atoms with Gasteiger partial charge in [-0.05, 0) is 37.1 Å². The molecule has 3 aromatic rings. The van der Waals surface area contributed by atoms with Crippen molar-refractivity contribution in [1.29, 1.82) is 0 Å². The molecule has 148 valence electrons. The number of carbonyl (C=O) groups is 1. The van der Waals surface area contributed by atoms with Crippen molar-refractivity contribution in [1.82, 2.24) is 19.7 Å². The second-order valence-electron chi connectivity index (χ2n) is 6.62. The number of amides is 1. The molecule has 0 aliphatic carbocycles. The number of benzene rings is 1. The summed E-state index contributed by atoms with van der Waals surface area (Å²) in [6, 6.07) is 7.91. The lowest BCUT2D eigenvalue weighted by molar-refractivity contribution is -0.113. The lowest BCUT2D eigenvalue weighted by atomic mass is 10.1. The van der Waals surface area contributed by atoms with Crippen molar-refractivity contribution in [2.45, 2.75) is 32.5 Å². The molecule has 1 N–H and O–H groups in total. The highest BCUT2D eigenvalue weighted by Gasteiger charge is 2.15. The highest BCUT2D eigenvalue weighted by molar-refractivity contribution is 7.99. The van der Waals surface area contributed by atoms with Crippen LogP contribution in [0.3, 0.4) is 0 Å². The van der Waals surface area contributed by atoms with Gasteiger partial charge in [-0.25, -0.2) is 4.98 Å². The van der Waals surface area contributed by atoms with Crippen LogP contribution in [-0.2, 0) is 11.3 Å². The molecular weight excluding hydrogens is 394 g/mol. The third-order valence-corrected chi connectivity index (χ3v) is 5.60. The first-order chi connectivity index (χ1) is 13.5. The van der Waals surface area contributed by atoms with Gasteiger partial charge >= 0.3 is 0 Å². The minimum Gasteiger partial charge on any atom is -0.497 e. The number of methoxy groups -OCH3 is 1. The molecule has 9 heteroatoms. The Morgan fingerprint density at radius 3 is 2.64 bits per heavy atom. The average Bonchev–Trinajstić information content (AvgIpc) is 3.25. The fraction of sp³-hybridized carbons (Fsp3) is 0.368. The molecule has 0 unspecified atom stereocenters. The Bertz CT molecular complexity index is 934. The largest absolute Gasteiger partial charge is 0.497 e. The van der Waals surface area contributed by atoms with Crippen molar-refractivity contribution >= 4 is 34.1 Å². The maximum Gasteiger partial charge on any atom is 0.236 e. The van der Waals surface area contributed by atoms with E-state index in [1.54, 1.807) is 7.11 Å². The zero-order chi connectivity index (χ0) is 20.1. The Labute approximate surface area is 172 Å². The number of aryl methyl sites for hydroxylation is 1. The Morgan fingerprint density at radius 1 is 1.29 bits per heavy atom. The van der Waals surface area contributed by atoms with Gasteiger partial charge in [-0.3, -0.25) is 10.1 Å². The highest BCUT2D eigenvalue weighted by atomic mass is 32.2. The van der Waals surface area contributed by atoms with Crippen molar-refractivity contribution in [2.75, 3.05) is 18.2 Å². The third-order valence-electron chi connectivity index (χ3n) is 3.86. The van der Waals surface area contributed by atoms with E-state index in [-0.39, 0.29) is 11.7 Å². The van der Waals surface area contributed by atoms with Gasteiger partial charge in [0.25, 0.3) is 0 Å². The summed E-state index contributed by atoms with van der Waals surface area (Å²) in [4.78, 5) is 16.8. The van der Waals surface area contributed by atoms with Crippen LogP contribution in [0.15, 0.2) is 35.6 Å². The molecule has 1 aromatic carbocycles. The summed E-state index contributed by atoms with van der Waals surface area (Å²) in [5.74, 6) is 1.40. The van der Waals surface area contributed by atoms with Gasteiger partial charge in [0.2, 0.25) is 11.0 Å². The Balaban J connectivity index is 1.74. The number of carbonyl (C=O) groups excluding carboxylic acids is 1. The van der Waals surface area contributed by atoms with E-state index < -0.39 is 0 Å². The van der Waals surface area contributed by atoms with Crippen LogP contribution in [0, 0.1) is 12.8 Å². The number of imidazole rings is 1. The van der Waals surface area contributed by atoms with Gasteiger partial charge in [0.1, 0.15) is 10.8 Å². The van der Waals surface area contributed by atoms with Gasteiger partial charge in [0, 0.05) is 12.1 Å². The SMILES string of the molecule is COc1ccc(-c2cnc(SCC(=O)Nc3nnc(C)s3)n2CC(C)C)cc1. The molecule has 0 aliphatic heterocycles. The molecule has 0 radical (unpaired) electrons. The Hall–Kier alpha value is -2.39. The third kappa shape index (κ3) is 5.11. The number of thioether (sulfide) groups is 1. The van der Waals surface area contributed by atoms with E-state index in [4.69, 9.17) is 4.74 Å². The highest BCUT2D eigenvalue weighted by Crippen LogP contribution is 2.28. The number of rotatable bonds is 8. The molecule has 28 heavy (non-hydrogen) atoms. The zero-order valence-electron chi connectivity index (χ0n) is 16.3. The van der Waals surface area contributed by atoms with Gasteiger partial charge < -0.3 is 9.30 Å². The summed E-state index contributed by atoms with van der Waals surface area (Å²) in [5, 5.41) is 12.8. The molecule has 2 heterocycles. The Morgan fingerprint density at radius 2 is 2.04 bits per heavy atom. The monoisotopic (exact) mass is 417 g/mol. The summed E-state index contributed by atoms with van der Waals surface area (Å²) in [5.41, 5.74) is 2.09. The second-order valence-corrected chi connectivity index (χ2v) is 8.75. The number of hydrogen-bond donors (Lipinski definition) is 1. The zero-order valence-corrected chi connectivity index (χ0v) is 17.9. The minimum atomic E-state index is -0.119. The molecule has 0 saturated heterocycles. The van der Waals surface area contributed by atoms with Gasteiger partial charge in [0.15, 0.2) is 5.16 Å². The van der Waals surface area contributed by atoms with Crippen molar-refractivity contribution in [3.63, 3.8) is 0 Å². The van der Waals surface area contributed by atoms with Crippen LogP contribution in [0.1, 0.15) is 18.9 Å². The van der Waals surface area contributed by atoms with Crippen molar-refractivity contribution < 1.29 is 9.53 Å². The summed E-state index contributed by atoms with van der Waals surface area (Å²) >= 11 is 2.78. The van der Waals surface area contributed by atoms with E-state index in [0.29, 0.717) is 11.0 Å². The molecule has 0 aliphatic rings. The van der Waals surface area contributed by atoms with Gasteiger partial charge in [-0.15, -0.1) is 10.2 Å². The van der Waals surface area contributed by atoms with E-state index in [1.807, 2.05) is 37.4 Å². The molecule has 7 nitrogen and oxygen atoms in total. The lowest BCUT2D eigenvalue weighted by Gasteiger charge is -2.14. The van der Waals surface area contributed by atoms with Gasteiger partial charge in [-0.2, -0.15) is 0 Å². The number of nitrogens with zero attached hydrogens (tertiary/aromatic N) is 4. The quantitative estimate of drug-likeness (QED) is 0.556. The predicted octanol–water partition coefficient (Wildman–Crippen LogP) is 4.11. The first-order valence-electron chi connectivity index (χ1n) is 8.89. The molecule has 3 rings (SSSR count). The van der Waals surface area contributed by atoms with Gasteiger partial charge in [0.05, 0.1) is 24.8 Å². The summed E-state index contributed by atoms with van der Waals surface area (Å²) in [6.07, 6.45) is 1.86. The van der Waals surface area contributed by atoms with Crippen LogP contribution in [0.25, 0.3) is 11.3 Å². The maximum absolute atomic E-state index is 12.2. The van der Waals surface area contributed by atoms with E-state index >= 15 is 0 Å². The molecular formula is C19H23N5O2S2. The predicted molar refractivity (Wildman–Crippen MR) is 113 cm³/mol. The van der Waals surface area contributed by atoms with Crippen molar-refractivity contribution in [3.05, 3.63) is 35.5 Å². The lowest BCUT2D eigenvalue weighted by Crippen LogP contribution is -2.15. The van der Waals surface area contributed by atoms with E-state index in [0.717, 1.165) is 33.7 Å². The first kappa shape index (κ1) is 20.3. The van der Waals surface area contributed by atoms with Crippen LogP contribution in [0.2, 0.25) is 0 Å². The van der Waals surface area contributed by atoms with E-state index in [1.165, 1.54) is 23.1 Å². The first-order valence-corrected chi connectivity index (χ1v) is 10.7. The van der Waals surface area contributed by atoms with Crippen LogP contribution in [-0.4, -0.2) is 38.5 Å². The van der Waals surface area contributed by atoms with E-state index in [2.05, 4.69) is 38.9 Å². The number of nitrogens with one attached hydrogen (secondary N) is 1. The molecule has 2 aromatic heterocycles. The smallest absolute Gasteiger partial charge is 0.236 e. The second kappa shape index (κ2) is 9.20. The van der Waals surface area contributed by atoms with Crippen molar-refractivity contribution in [2.24, 2.45) is 5.92 Å². The van der Waals surface area contributed by atoms with Crippen LogP contribution < -0.4 is 10.1 Å². The summed E-state index contributed by atoms with van der Waals surface area (Å²) in [6.45, 7) is 7.00. The van der Waals surface area contributed by atoms with Crippen LogP contribution >= 0.6 is 23.1 Å². The van der Waals surface area contributed by atoms with Crippen LogP contribution in [0.4, 0.5) is 5.13 Å². The van der Waals surface area contributed by atoms with Crippen molar-refractivity contribution in [3.8, 4) is 17.0 Å². The molecule has 0 fully saturated rings. The molecule has 0 atom stereocenters. The van der Waals surface area contributed by atoms with Crippen LogP contribution in [0.5, 0.6) is 5.75 Å². The fourth-order valence-corrected chi connectivity index (χ4v) is 4.04. The standard InChI is InChI=1S/C19H23N5O2S2/c1-12(2)10-24-16(14-5-7-15(26-4)8-6-14)9-20-19(24)27-11-17(25)21-18-23-22-13(3)28-18/h5-9,12H,10-11H2,1-4H3,(H,21,23,25). The topological polar surface area (TPSA) is 81.9 Å². The number of ether oxygens (including phenoxy) is 1. The summed E-state index contributed by atoms with van der Waals surface area (Å²) in [7, 11) is 1.65. The van der Waals surface area contributed by atoms with E-state index in [9.17, 15) is 4.79 Å². The van der Waals surface area contributed by atoms with Gasteiger partial charge in [-0.1, -0.05) is 36.9 Å². The molecule has 0 bridgehead atoms. The minimum absolute atomic E-state index is 0.119. The Kier molecular flexibility index (Phi) is 6.69. The molecule has 0 spiro atoms. The average molecular weight is 418 g/mol. The number of aromatic nitrogens is 4. The number of hydrogen-bond acceptors (Lipinski definition) is 7. The maximum atomic E-state index is 12.2.